The van der Waals surface area contributed by atoms with E-state index in [0.717, 1.165) is 12.8 Å². The Morgan fingerprint density at radius 1 is 1.00 bits per heavy atom. The first-order valence-electron chi connectivity index (χ1n) is 3.56. The second kappa shape index (κ2) is 7.63. The number of rotatable bonds is 0. The summed E-state index contributed by atoms with van der Waals surface area (Å²) in [5.74, 6) is 0. The van der Waals surface area contributed by atoms with Gasteiger partial charge in [-0.25, -0.2) is 0 Å². The van der Waals surface area contributed by atoms with Crippen LogP contribution in [0, 0.1) is 0 Å². The number of halogens is 2. The summed E-state index contributed by atoms with van der Waals surface area (Å²) in [6.45, 7) is 0. The Bertz CT molecular complexity index is 84.7. The van der Waals surface area contributed by atoms with Gasteiger partial charge in [0.25, 0.3) is 0 Å². The molecule has 0 unspecified atom stereocenters. The SMILES string of the molecule is N[C@@H]1CCCC[C@H]1N.[Cl][Ni][Cl]. The van der Waals surface area contributed by atoms with Gasteiger partial charge in [0.15, 0.2) is 0 Å². The molecule has 5 heteroatoms. The second-order valence-electron chi connectivity index (χ2n) is 2.66. The molecule has 0 aromatic carbocycles. The van der Waals surface area contributed by atoms with Crippen LogP contribution < -0.4 is 11.5 Å². The molecular formula is C6H14Cl2N2Ni. The van der Waals surface area contributed by atoms with Crippen molar-refractivity contribution in [3.8, 4) is 0 Å². The Balaban J connectivity index is 0.000000292. The van der Waals surface area contributed by atoms with Gasteiger partial charge in [0.2, 0.25) is 0 Å². The number of hydrogen-bond donors (Lipinski definition) is 2. The molecule has 0 aromatic heterocycles. The average molecular weight is 244 g/mol. The fourth-order valence-electron chi connectivity index (χ4n) is 1.19. The Hall–Kier alpha value is 0.994. The van der Waals surface area contributed by atoms with E-state index >= 15 is 0 Å². The van der Waals surface area contributed by atoms with E-state index in [-0.39, 0.29) is 12.1 Å². The minimum atomic E-state index is 0.281. The van der Waals surface area contributed by atoms with E-state index in [2.05, 4.69) is 0 Å². The van der Waals surface area contributed by atoms with Crippen LogP contribution in [0.3, 0.4) is 0 Å². The van der Waals surface area contributed by atoms with Gasteiger partial charge >= 0.3 is 33.0 Å². The van der Waals surface area contributed by atoms with Crippen molar-refractivity contribution in [1.29, 1.82) is 0 Å². The van der Waals surface area contributed by atoms with Crippen molar-refractivity contribution >= 4 is 20.4 Å². The van der Waals surface area contributed by atoms with Crippen LogP contribution in [0.2, 0.25) is 0 Å². The van der Waals surface area contributed by atoms with Gasteiger partial charge in [-0.2, -0.15) is 0 Å². The van der Waals surface area contributed by atoms with Gasteiger partial charge in [-0.15, -0.1) is 0 Å². The van der Waals surface area contributed by atoms with E-state index in [0.29, 0.717) is 12.7 Å². The zero-order valence-corrected chi connectivity index (χ0v) is 8.71. The molecule has 4 N–H and O–H groups in total. The fourth-order valence-corrected chi connectivity index (χ4v) is 1.19. The molecule has 2 nitrogen and oxygen atoms in total. The van der Waals surface area contributed by atoms with Gasteiger partial charge in [0.05, 0.1) is 0 Å². The predicted octanol–water partition coefficient (Wildman–Crippen LogP) is 1.59. The Kier molecular flexibility index (Phi) is 8.32. The third kappa shape index (κ3) is 6.18. The molecule has 0 bridgehead atoms. The first kappa shape index (κ1) is 12.0. The molecule has 1 aliphatic carbocycles. The fraction of sp³-hybridized carbons (Fsp3) is 1.00. The molecule has 11 heavy (non-hydrogen) atoms. The molecule has 1 aliphatic rings. The monoisotopic (exact) mass is 242 g/mol. The zero-order chi connectivity index (χ0) is 8.69. The van der Waals surface area contributed by atoms with Crippen LogP contribution in [0.25, 0.3) is 0 Å². The van der Waals surface area contributed by atoms with Crippen LogP contribution >= 0.6 is 20.4 Å². The molecule has 1 rings (SSSR count). The zero-order valence-electron chi connectivity index (χ0n) is 6.21. The molecule has 0 saturated heterocycles. The van der Waals surface area contributed by atoms with Gasteiger partial charge in [0, 0.05) is 12.1 Å². The van der Waals surface area contributed by atoms with Crippen molar-refractivity contribution in [3.63, 3.8) is 0 Å². The molecule has 1 saturated carbocycles. The van der Waals surface area contributed by atoms with Crippen LogP contribution in [0.15, 0.2) is 0 Å². The van der Waals surface area contributed by atoms with E-state index in [4.69, 9.17) is 31.9 Å². The third-order valence-electron chi connectivity index (χ3n) is 1.87. The van der Waals surface area contributed by atoms with E-state index in [1.807, 2.05) is 0 Å². The summed E-state index contributed by atoms with van der Waals surface area (Å²) in [7, 11) is 9.40. The minimum absolute atomic E-state index is 0.281. The van der Waals surface area contributed by atoms with Gasteiger partial charge in [-0.3, -0.25) is 0 Å². The first-order chi connectivity index (χ1) is 5.22. The van der Waals surface area contributed by atoms with E-state index in [1.54, 1.807) is 0 Å². The molecule has 0 amide bonds. The van der Waals surface area contributed by atoms with Gasteiger partial charge in [-0.05, 0) is 12.8 Å². The summed E-state index contributed by atoms with van der Waals surface area (Å²) in [5.41, 5.74) is 11.3. The molecule has 1 fully saturated rings. The van der Waals surface area contributed by atoms with Crippen LogP contribution in [-0.4, -0.2) is 12.1 Å². The summed E-state index contributed by atoms with van der Waals surface area (Å²) in [4.78, 5) is 0. The number of nitrogens with two attached hydrogens (primary N) is 2. The van der Waals surface area contributed by atoms with Crippen molar-refractivity contribution < 1.29 is 12.7 Å². The predicted molar refractivity (Wildman–Crippen MR) is 46.1 cm³/mol. The van der Waals surface area contributed by atoms with Crippen molar-refractivity contribution in [3.05, 3.63) is 0 Å². The van der Waals surface area contributed by atoms with Gasteiger partial charge < -0.3 is 11.5 Å². The van der Waals surface area contributed by atoms with Crippen molar-refractivity contribution in [2.24, 2.45) is 11.5 Å². The van der Waals surface area contributed by atoms with E-state index in [1.165, 1.54) is 12.8 Å². The quantitative estimate of drug-likeness (QED) is 0.635. The third-order valence-corrected chi connectivity index (χ3v) is 1.87. The van der Waals surface area contributed by atoms with E-state index in [9.17, 15) is 0 Å². The molecule has 2 atom stereocenters. The summed E-state index contributed by atoms with van der Waals surface area (Å²) in [6, 6.07) is 0.562. The molecule has 0 radical (unpaired) electrons. The van der Waals surface area contributed by atoms with Crippen LogP contribution in [0.1, 0.15) is 25.7 Å². The summed E-state index contributed by atoms with van der Waals surface area (Å²) in [5, 5.41) is 0. The van der Waals surface area contributed by atoms with Crippen LogP contribution in [0.4, 0.5) is 0 Å². The van der Waals surface area contributed by atoms with Crippen molar-refractivity contribution in [1.82, 2.24) is 0 Å². The maximum absolute atomic E-state index is 5.65. The standard InChI is InChI=1S/C6H14N2.2ClH.Ni/c7-5-3-1-2-4-6(5)8;;;/h5-6H,1-4,7-8H2;2*1H;/q;;;+2/p-2/t5-,6-;;;/m1.../s1. The molecule has 0 aliphatic heterocycles. The summed E-state index contributed by atoms with van der Waals surface area (Å²) < 4.78 is 0. The normalized spacial score (nSPS) is 30.9. The summed E-state index contributed by atoms with van der Waals surface area (Å²) >= 11 is 0.569. The van der Waals surface area contributed by atoms with Gasteiger partial charge in [-0.1, -0.05) is 12.8 Å². The first-order valence-corrected chi connectivity index (χ1v) is 6.27. The molecular weight excluding hydrogens is 230 g/mol. The Morgan fingerprint density at radius 2 is 1.27 bits per heavy atom. The summed E-state index contributed by atoms with van der Waals surface area (Å²) in [6.07, 6.45) is 4.80. The van der Waals surface area contributed by atoms with Crippen LogP contribution in [0.5, 0.6) is 0 Å². The Morgan fingerprint density at radius 3 is 1.45 bits per heavy atom. The van der Waals surface area contributed by atoms with Crippen molar-refractivity contribution in [2.45, 2.75) is 37.8 Å². The topological polar surface area (TPSA) is 52.0 Å². The molecule has 0 spiro atoms. The number of hydrogen-bond acceptors (Lipinski definition) is 2. The Labute approximate surface area is 82.3 Å². The molecule has 0 heterocycles. The van der Waals surface area contributed by atoms with Gasteiger partial charge in [0.1, 0.15) is 0 Å². The van der Waals surface area contributed by atoms with E-state index < -0.39 is 0 Å². The van der Waals surface area contributed by atoms with Crippen LogP contribution in [-0.2, 0) is 12.7 Å². The van der Waals surface area contributed by atoms with Crippen molar-refractivity contribution in [2.75, 3.05) is 0 Å². The second-order valence-corrected chi connectivity index (χ2v) is 4.29. The molecule has 0 aromatic rings. The molecule has 72 valence electrons. The average Bonchev–Trinajstić information content (AvgIpc) is 1.97. The maximum atomic E-state index is 5.65.